The van der Waals surface area contributed by atoms with Gasteiger partial charge in [-0.1, -0.05) is 5.16 Å². The third-order valence-electron chi connectivity index (χ3n) is 5.23. The largest absolute Gasteiger partial charge is 0.372 e. The van der Waals surface area contributed by atoms with Gasteiger partial charge in [-0.2, -0.15) is 0 Å². The molecule has 0 N–H and O–H groups in total. The second kappa shape index (κ2) is 7.31. The monoisotopic (exact) mass is 370 g/mol. The van der Waals surface area contributed by atoms with E-state index < -0.39 is 0 Å². The van der Waals surface area contributed by atoms with Crippen LogP contribution in [0.25, 0.3) is 0 Å². The molecule has 4 heterocycles. The van der Waals surface area contributed by atoms with Crippen molar-refractivity contribution >= 4 is 11.7 Å². The van der Waals surface area contributed by atoms with Crippen LogP contribution in [0.5, 0.6) is 0 Å². The van der Waals surface area contributed by atoms with Gasteiger partial charge in [0.25, 0.3) is 5.91 Å². The number of carbonyl (C=O) groups is 1. The Morgan fingerprint density at radius 3 is 2.63 bits per heavy atom. The van der Waals surface area contributed by atoms with Crippen LogP contribution in [-0.2, 0) is 4.74 Å². The van der Waals surface area contributed by atoms with Crippen LogP contribution in [0.2, 0.25) is 0 Å². The lowest BCUT2D eigenvalue weighted by molar-refractivity contribution is -0.00546. The Hall–Kier alpha value is -2.41. The molecule has 3 atom stereocenters. The highest BCUT2D eigenvalue weighted by atomic mass is 16.5. The molecule has 4 rings (SSSR count). The number of amides is 1. The standard InChI is InChI=1S/C20H26N4O3/c1-13-9-18(27-22-13)17-5-4-8-24(17)20(25)16-6-7-19(21-10-16)23-11-14(2)26-15(3)12-23/h6-7,9-10,14-15,17H,4-5,8,11-12H2,1-3H3/t14-,15-,17+/m1/s1. The molecule has 7 nitrogen and oxygen atoms in total. The lowest BCUT2D eigenvalue weighted by atomic mass is 10.1. The lowest BCUT2D eigenvalue weighted by Gasteiger charge is -2.36. The fourth-order valence-electron chi connectivity index (χ4n) is 4.08. The van der Waals surface area contributed by atoms with E-state index in [1.165, 1.54) is 0 Å². The number of likely N-dealkylation sites (tertiary alicyclic amines) is 1. The van der Waals surface area contributed by atoms with Crippen LogP contribution in [0.15, 0.2) is 28.9 Å². The first kappa shape index (κ1) is 18.0. The maximum absolute atomic E-state index is 13.0. The van der Waals surface area contributed by atoms with E-state index in [0.717, 1.165) is 49.7 Å². The molecule has 2 aromatic heterocycles. The van der Waals surface area contributed by atoms with Crippen molar-refractivity contribution in [1.29, 1.82) is 0 Å². The fourth-order valence-corrected chi connectivity index (χ4v) is 4.08. The van der Waals surface area contributed by atoms with E-state index in [1.807, 2.05) is 30.0 Å². The average Bonchev–Trinajstić information content (AvgIpc) is 3.29. The highest BCUT2D eigenvalue weighted by molar-refractivity contribution is 5.94. The number of pyridine rings is 1. The number of aromatic nitrogens is 2. The summed E-state index contributed by atoms with van der Waals surface area (Å²) < 4.78 is 11.2. The van der Waals surface area contributed by atoms with E-state index in [1.54, 1.807) is 6.20 Å². The van der Waals surface area contributed by atoms with Crippen LogP contribution in [0.1, 0.15) is 54.5 Å². The topological polar surface area (TPSA) is 71.7 Å². The molecule has 0 spiro atoms. The predicted octanol–water partition coefficient (Wildman–Crippen LogP) is 2.97. The molecule has 0 saturated carbocycles. The molecule has 27 heavy (non-hydrogen) atoms. The molecule has 0 unspecified atom stereocenters. The number of aryl methyl sites for hydroxylation is 1. The molecular formula is C20H26N4O3. The van der Waals surface area contributed by atoms with Crippen LogP contribution in [0.4, 0.5) is 5.82 Å². The Bertz CT molecular complexity index is 794. The maximum Gasteiger partial charge on any atom is 0.256 e. The minimum atomic E-state index is -0.0423. The van der Waals surface area contributed by atoms with Crippen molar-refractivity contribution in [3.63, 3.8) is 0 Å². The van der Waals surface area contributed by atoms with E-state index in [0.29, 0.717) is 5.56 Å². The smallest absolute Gasteiger partial charge is 0.256 e. The minimum absolute atomic E-state index is 0.00526. The first-order valence-corrected chi connectivity index (χ1v) is 9.62. The van der Waals surface area contributed by atoms with Crippen molar-refractivity contribution in [2.24, 2.45) is 0 Å². The molecular weight excluding hydrogens is 344 g/mol. The van der Waals surface area contributed by atoms with Crippen LogP contribution >= 0.6 is 0 Å². The van der Waals surface area contributed by atoms with Gasteiger partial charge >= 0.3 is 0 Å². The number of carbonyl (C=O) groups excluding carboxylic acids is 1. The van der Waals surface area contributed by atoms with Gasteiger partial charge in [-0.25, -0.2) is 4.98 Å². The minimum Gasteiger partial charge on any atom is -0.372 e. The normalized spacial score (nSPS) is 25.8. The number of hydrogen-bond donors (Lipinski definition) is 0. The van der Waals surface area contributed by atoms with Crippen molar-refractivity contribution in [3.8, 4) is 0 Å². The van der Waals surface area contributed by atoms with Crippen LogP contribution < -0.4 is 4.90 Å². The molecule has 2 aliphatic heterocycles. The third kappa shape index (κ3) is 3.69. The van der Waals surface area contributed by atoms with Gasteiger partial charge in [0.2, 0.25) is 0 Å². The third-order valence-corrected chi connectivity index (χ3v) is 5.23. The molecule has 144 valence electrons. The number of ether oxygens (including phenoxy) is 1. The Morgan fingerprint density at radius 2 is 2.00 bits per heavy atom. The van der Waals surface area contributed by atoms with Gasteiger partial charge < -0.3 is 19.1 Å². The summed E-state index contributed by atoms with van der Waals surface area (Å²) in [6.07, 6.45) is 3.89. The summed E-state index contributed by atoms with van der Waals surface area (Å²) in [6, 6.07) is 5.68. The maximum atomic E-state index is 13.0. The van der Waals surface area contributed by atoms with Crippen molar-refractivity contribution in [2.45, 2.75) is 51.9 Å². The molecule has 2 fully saturated rings. The summed E-state index contributed by atoms with van der Waals surface area (Å²) in [6.45, 7) is 8.37. The fraction of sp³-hybridized carbons (Fsp3) is 0.550. The zero-order chi connectivity index (χ0) is 19.0. The number of anilines is 1. The number of nitrogens with zero attached hydrogens (tertiary/aromatic N) is 4. The summed E-state index contributed by atoms with van der Waals surface area (Å²) in [5.41, 5.74) is 1.44. The number of rotatable bonds is 3. The average molecular weight is 370 g/mol. The molecule has 2 aromatic rings. The van der Waals surface area contributed by atoms with Crippen LogP contribution in [0.3, 0.4) is 0 Å². The van der Waals surface area contributed by atoms with Crippen LogP contribution in [0, 0.1) is 6.92 Å². The van der Waals surface area contributed by atoms with E-state index in [4.69, 9.17) is 9.26 Å². The molecule has 0 bridgehead atoms. The predicted molar refractivity (Wildman–Crippen MR) is 101 cm³/mol. The van der Waals surface area contributed by atoms with Gasteiger partial charge in [-0.15, -0.1) is 0 Å². The number of hydrogen-bond acceptors (Lipinski definition) is 6. The highest BCUT2D eigenvalue weighted by Crippen LogP contribution is 2.33. The Labute approximate surface area is 159 Å². The molecule has 2 saturated heterocycles. The van der Waals surface area contributed by atoms with E-state index in [-0.39, 0.29) is 24.2 Å². The molecule has 7 heteroatoms. The molecule has 0 aromatic carbocycles. The van der Waals surface area contributed by atoms with Gasteiger partial charge in [0, 0.05) is 31.9 Å². The summed E-state index contributed by atoms with van der Waals surface area (Å²) in [5.74, 6) is 1.64. The van der Waals surface area contributed by atoms with Gasteiger partial charge in [0.15, 0.2) is 5.76 Å². The van der Waals surface area contributed by atoms with Gasteiger partial charge in [-0.3, -0.25) is 4.79 Å². The van der Waals surface area contributed by atoms with Crippen molar-refractivity contribution in [2.75, 3.05) is 24.5 Å². The number of morpholine rings is 1. The zero-order valence-corrected chi connectivity index (χ0v) is 16.1. The Morgan fingerprint density at radius 1 is 1.22 bits per heavy atom. The molecule has 0 radical (unpaired) electrons. The summed E-state index contributed by atoms with van der Waals surface area (Å²) >= 11 is 0. The zero-order valence-electron chi connectivity index (χ0n) is 16.1. The van der Waals surface area contributed by atoms with Crippen LogP contribution in [-0.4, -0.2) is 52.8 Å². The van der Waals surface area contributed by atoms with Crippen molar-refractivity contribution in [1.82, 2.24) is 15.0 Å². The summed E-state index contributed by atoms with van der Waals surface area (Å²) in [5, 5.41) is 3.96. The van der Waals surface area contributed by atoms with Gasteiger partial charge in [-0.05, 0) is 45.7 Å². The SMILES string of the molecule is Cc1cc([C@@H]2CCCN2C(=O)c2ccc(N3C[C@@H](C)O[C@H](C)C3)nc2)on1. The van der Waals surface area contributed by atoms with Gasteiger partial charge in [0.05, 0.1) is 29.5 Å². The second-order valence-corrected chi connectivity index (χ2v) is 7.59. The van der Waals surface area contributed by atoms with Gasteiger partial charge in [0.1, 0.15) is 5.82 Å². The highest BCUT2D eigenvalue weighted by Gasteiger charge is 2.33. The van der Waals surface area contributed by atoms with Crippen molar-refractivity contribution < 1.29 is 14.1 Å². The van der Waals surface area contributed by atoms with E-state index in [2.05, 4.69) is 28.9 Å². The molecule has 2 aliphatic rings. The van der Waals surface area contributed by atoms with E-state index in [9.17, 15) is 4.79 Å². The van der Waals surface area contributed by atoms with Crippen molar-refractivity contribution in [3.05, 3.63) is 41.4 Å². The van der Waals surface area contributed by atoms with E-state index >= 15 is 0 Å². The summed E-state index contributed by atoms with van der Waals surface area (Å²) in [7, 11) is 0. The Balaban J connectivity index is 1.49. The molecule has 0 aliphatic carbocycles. The Kier molecular flexibility index (Phi) is 4.86. The molecule has 1 amide bonds. The second-order valence-electron chi connectivity index (χ2n) is 7.59. The first-order valence-electron chi connectivity index (χ1n) is 9.62. The first-order chi connectivity index (χ1) is 13.0. The summed E-state index contributed by atoms with van der Waals surface area (Å²) in [4.78, 5) is 21.7. The quantitative estimate of drug-likeness (QED) is 0.827. The lowest BCUT2D eigenvalue weighted by Crippen LogP contribution is -2.45.